The van der Waals surface area contributed by atoms with Crippen LogP contribution in [0.3, 0.4) is 0 Å². The van der Waals surface area contributed by atoms with E-state index >= 15 is 0 Å². The van der Waals surface area contributed by atoms with Crippen LogP contribution in [-0.4, -0.2) is 22.2 Å². The number of ether oxygens (including phenoxy) is 1. The Morgan fingerprint density at radius 1 is 1.18 bits per heavy atom. The molecule has 116 valence electrons. The van der Waals surface area contributed by atoms with Gasteiger partial charge in [0.15, 0.2) is 0 Å². The topological polar surface area (TPSA) is 39.2 Å². The molecule has 0 saturated heterocycles. The Balaban J connectivity index is 1.78. The van der Waals surface area contributed by atoms with Crippen LogP contribution in [-0.2, 0) is 0 Å². The van der Waals surface area contributed by atoms with E-state index in [9.17, 15) is 4.79 Å². The summed E-state index contributed by atoms with van der Waals surface area (Å²) in [6.45, 7) is 0.656. The van der Waals surface area contributed by atoms with Crippen molar-refractivity contribution in [3.63, 3.8) is 0 Å². The van der Waals surface area contributed by atoms with Crippen LogP contribution in [0.4, 0.5) is 0 Å². The SMILES string of the molecule is O=C(Cl)c1ccc2cccc(OCC3CCC(Cl)CC3)c2n1. The Morgan fingerprint density at radius 2 is 1.95 bits per heavy atom. The van der Waals surface area contributed by atoms with Crippen LogP contribution in [0.25, 0.3) is 10.9 Å². The van der Waals surface area contributed by atoms with Gasteiger partial charge in [0, 0.05) is 10.8 Å². The van der Waals surface area contributed by atoms with Gasteiger partial charge in [-0.05, 0) is 55.3 Å². The zero-order valence-electron chi connectivity index (χ0n) is 12.1. The number of halogens is 2. The normalized spacial score (nSPS) is 21.7. The van der Waals surface area contributed by atoms with Crippen molar-refractivity contribution in [3.8, 4) is 5.75 Å². The molecule has 0 unspecified atom stereocenters. The number of aromatic nitrogens is 1. The lowest BCUT2D eigenvalue weighted by atomic mass is 9.89. The smallest absolute Gasteiger partial charge is 0.270 e. The highest BCUT2D eigenvalue weighted by molar-refractivity contribution is 6.67. The first kappa shape index (κ1) is 15.6. The molecule has 1 aliphatic rings. The third-order valence-corrected chi connectivity index (χ3v) is 4.77. The van der Waals surface area contributed by atoms with Crippen LogP contribution in [0, 0.1) is 5.92 Å². The average molecular weight is 338 g/mol. The molecule has 0 radical (unpaired) electrons. The number of hydrogen-bond donors (Lipinski definition) is 0. The molecule has 0 amide bonds. The molecule has 3 rings (SSSR count). The van der Waals surface area contributed by atoms with Crippen molar-refractivity contribution in [3.05, 3.63) is 36.0 Å². The molecule has 0 atom stereocenters. The van der Waals surface area contributed by atoms with E-state index in [-0.39, 0.29) is 5.69 Å². The number of benzene rings is 1. The zero-order valence-corrected chi connectivity index (χ0v) is 13.6. The Kier molecular flexibility index (Phi) is 4.84. The van der Waals surface area contributed by atoms with Gasteiger partial charge in [-0.25, -0.2) is 4.98 Å². The van der Waals surface area contributed by atoms with Gasteiger partial charge in [0.25, 0.3) is 5.24 Å². The molecule has 1 heterocycles. The number of hydrogen-bond acceptors (Lipinski definition) is 3. The molecule has 5 heteroatoms. The van der Waals surface area contributed by atoms with Crippen LogP contribution in [0.2, 0.25) is 0 Å². The van der Waals surface area contributed by atoms with Gasteiger partial charge in [0.05, 0.1) is 6.61 Å². The lowest BCUT2D eigenvalue weighted by Gasteiger charge is -2.25. The minimum atomic E-state index is -0.558. The average Bonchev–Trinajstić information content (AvgIpc) is 2.53. The summed E-state index contributed by atoms with van der Waals surface area (Å²) < 4.78 is 5.97. The molecular formula is C17H17Cl2NO2. The first-order valence-electron chi connectivity index (χ1n) is 7.50. The van der Waals surface area contributed by atoms with Crippen LogP contribution in [0.1, 0.15) is 36.2 Å². The van der Waals surface area contributed by atoms with E-state index in [0.29, 0.717) is 29.2 Å². The monoisotopic (exact) mass is 337 g/mol. The molecule has 0 bridgehead atoms. The molecule has 0 aliphatic heterocycles. The van der Waals surface area contributed by atoms with Crippen molar-refractivity contribution >= 4 is 39.3 Å². The third-order valence-electron chi connectivity index (χ3n) is 4.14. The van der Waals surface area contributed by atoms with E-state index in [1.165, 1.54) is 0 Å². The van der Waals surface area contributed by atoms with Crippen molar-refractivity contribution in [2.75, 3.05) is 6.61 Å². The zero-order chi connectivity index (χ0) is 15.5. The Labute approximate surface area is 139 Å². The lowest BCUT2D eigenvalue weighted by Crippen LogP contribution is -2.20. The summed E-state index contributed by atoms with van der Waals surface area (Å²) in [5, 5.41) is 0.688. The van der Waals surface area contributed by atoms with E-state index in [1.807, 2.05) is 24.3 Å². The summed E-state index contributed by atoms with van der Waals surface area (Å²) in [5.41, 5.74) is 0.924. The molecule has 0 spiro atoms. The maximum Gasteiger partial charge on any atom is 0.270 e. The van der Waals surface area contributed by atoms with Gasteiger partial charge < -0.3 is 4.74 Å². The Hall–Kier alpha value is -1.32. The fraction of sp³-hybridized carbons (Fsp3) is 0.412. The van der Waals surface area contributed by atoms with Gasteiger partial charge >= 0.3 is 0 Å². The largest absolute Gasteiger partial charge is 0.491 e. The first-order chi connectivity index (χ1) is 10.6. The van der Waals surface area contributed by atoms with Gasteiger partial charge in [-0.2, -0.15) is 0 Å². The number of para-hydroxylation sites is 1. The maximum absolute atomic E-state index is 11.3. The molecule has 22 heavy (non-hydrogen) atoms. The second-order valence-electron chi connectivity index (χ2n) is 5.73. The van der Waals surface area contributed by atoms with Crippen LogP contribution in [0.5, 0.6) is 5.75 Å². The van der Waals surface area contributed by atoms with E-state index < -0.39 is 5.24 Å². The highest BCUT2D eigenvalue weighted by Crippen LogP contribution is 2.30. The Morgan fingerprint density at radius 3 is 2.68 bits per heavy atom. The van der Waals surface area contributed by atoms with Gasteiger partial charge in [-0.3, -0.25) is 4.79 Å². The Bertz CT molecular complexity index is 681. The fourth-order valence-electron chi connectivity index (χ4n) is 2.84. The number of carbonyl (C=O) groups is 1. The minimum Gasteiger partial charge on any atom is -0.491 e. The van der Waals surface area contributed by atoms with Crippen LogP contribution < -0.4 is 4.74 Å². The second-order valence-corrected chi connectivity index (χ2v) is 6.69. The van der Waals surface area contributed by atoms with E-state index in [2.05, 4.69) is 4.98 Å². The summed E-state index contributed by atoms with van der Waals surface area (Å²) in [5.74, 6) is 1.23. The van der Waals surface area contributed by atoms with Crippen molar-refractivity contribution < 1.29 is 9.53 Å². The highest BCUT2D eigenvalue weighted by atomic mass is 35.5. The molecule has 0 N–H and O–H groups in total. The molecule has 1 aliphatic carbocycles. The van der Waals surface area contributed by atoms with E-state index in [0.717, 1.165) is 31.1 Å². The number of carbonyl (C=O) groups excluding carboxylic acids is 1. The molecule has 2 aromatic rings. The van der Waals surface area contributed by atoms with Crippen LogP contribution >= 0.6 is 23.2 Å². The summed E-state index contributed by atoms with van der Waals surface area (Å²) in [6, 6.07) is 9.21. The minimum absolute atomic E-state index is 0.243. The molecule has 1 fully saturated rings. The van der Waals surface area contributed by atoms with Crippen molar-refractivity contribution in [1.82, 2.24) is 4.98 Å². The van der Waals surface area contributed by atoms with Gasteiger partial charge in [-0.1, -0.05) is 18.2 Å². The molecule has 3 nitrogen and oxygen atoms in total. The number of rotatable bonds is 4. The van der Waals surface area contributed by atoms with Gasteiger partial charge in [0.1, 0.15) is 17.0 Å². The predicted octanol–water partition coefficient (Wildman–Crippen LogP) is 4.79. The second kappa shape index (κ2) is 6.84. The van der Waals surface area contributed by atoms with Crippen LogP contribution in [0.15, 0.2) is 30.3 Å². The summed E-state index contributed by atoms with van der Waals surface area (Å²) in [6.07, 6.45) is 4.29. The van der Waals surface area contributed by atoms with E-state index in [1.54, 1.807) is 6.07 Å². The molecular weight excluding hydrogens is 321 g/mol. The summed E-state index contributed by atoms with van der Waals surface area (Å²) >= 11 is 11.6. The standard InChI is InChI=1S/C17H17Cl2NO2/c18-13-7-4-11(5-8-13)10-22-15-3-1-2-12-6-9-14(17(19)21)20-16(12)15/h1-3,6,9,11,13H,4-5,7-8,10H2. The molecule has 1 saturated carbocycles. The molecule has 1 aromatic carbocycles. The van der Waals surface area contributed by atoms with Crippen molar-refractivity contribution in [2.24, 2.45) is 5.92 Å². The first-order valence-corrected chi connectivity index (χ1v) is 8.31. The van der Waals surface area contributed by atoms with Crippen molar-refractivity contribution in [2.45, 2.75) is 31.1 Å². The number of alkyl halides is 1. The fourth-order valence-corrected chi connectivity index (χ4v) is 3.20. The highest BCUT2D eigenvalue weighted by Gasteiger charge is 2.20. The summed E-state index contributed by atoms with van der Waals surface area (Å²) in [4.78, 5) is 15.6. The quantitative estimate of drug-likeness (QED) is 0.594. The number of nitrogens with zero attached hydrogens (tertiary/aromatic N) is 1. The number of fused-ring (bicyclic) bond motifs is 1. The maximum atomic E-state index is 11.3. The number of pyridine rings is 1. The summed E-state index contributed by atoms with van der Waals surface area (Å²) in [7, 11) is 0. The predicted molar refractivity (Wildman–Crippen MR) is 89.0 cm³/mol. The van der Waals surface area contributed by atoms with Crippen molar-refractivity contribution in [1.29, 1.82) is 0 Å². The van der Waals surface area contributed by atoms with Gasteiger partial charge in [-0.15, -0.1) is 11.6 Å². The molecule has 1 aromatic heterocycles. The van der Waals surface area contributed by atoms with Gasteiger partial charge in [0.2, 0.25) is 0 Å². The lowest BCUT2D eigenvalue weighted by molar-refractivity contribution is 0.107. The van der Waals surface area contributed by atoms with E-state index in [4.69, 9.17) is 27.9 Å². The third kappa shape index (κ3) is 3.53.